The molecule has 0 aliphatic carbocycles. The molecule has 5 nitrogen and oxygen atoms in total. The highest BCUT2D eigenvalue weighted by molar-refractivity contribution is 5.93. The lowest BCUT2D eigenvalue weighted by molar-refractivity contribution is 0.0692. The summed E-state index contributed by atoms with van der Waals surface area (Å²) >= 11 is 0. The number of carboxylic acids is 1. The van der Waals surface area contributed by atoms with Crippen LogP contribution >= 0.6 is 0 Å². The third-order valence-corrected chi connectivity index (χ3v) is 4.09. The van der Waals surface area contributed by atoms with E-state index in [2.05, 4.69) is 0 Å². The second-order valence-corrected chi connectivity index (χ2v) is 5.71. The van der Waals surface area contributed by atoms with Crippen LogP contribution in [0.15, 0.2) is 36.4 Å². The molecule has 1 atom stereocenters. The summed E-state index contributed by atoms with van der Waals surface area (Å²) < 4.78 is 11.4. The summed E-state index contributed by atoms with van der Waals surface area (Å²) in [6.07, 6.45) is 0.381. The van der Waals surface area contributed by atoms with Gasteiger partial charge in [-0.3, -0.25) is 0 Å². The van der Waals surface area contributed by atoms with Gasteiger partial charge in [0.15, 0.2) is 0 Å². The second-order valence-electron chi connectivity index (χ2n) is 5.71. The van der Waals surface area contributed by atoms with Gasteiger partial charge in [0.2, 0.25) is 0 Å². The average Bonchev–Trinajstić information content (AvgIpc) is 2.85. The summed E-state index contributed by atoms with van der Waals surface area (Å²) in [4.78, 5) is 11.4. The number of aromatic carboxylic acids is 1. The molecule has 0 bridgehead atoms. The molecule has 5 heteroatoms. The Hall–Kier alpha value is -2.69. The zero-order chi connectivity index (χ0) is 16.6. The molecule has 0 radical (unpaired) electrons. The van der Waals surface area contributed by atoms with Gasteiger partial charge in [-0.1, -0.05) is 12.1 Å². The molecule has 2 aromatic rings. The van der Waals surface area contributed by atoms with E-state index in [-0.39, 0.29) is 11.3 Å². The fourth-order valence-corrected chi connectivity index (χ4v) is 2.97. The summed E-state index contributed by atoms with van der Waals surface area (Å²) in [5.41, 5.74) is 0.685. The summed E-state index contributed by atoms with van der Waals surface area (Å²) in [5.74, 6) is -0.120. The summed E-state index contributed by atoms with van der Waals surface area (Å²) in [7, 11) is 0. The van der Waals surface area contributed by atoms with Crippen LogP contribution in [-0.4, -0.2) is 22.8 Å². The normalized spacial score (nSPS) is 19.0. The topological polar surface area (TPSA) is 76.0 Å². The molecular weight excluding hydrogens is 296 g/mol. The number of hydrogen-bond acceptors (Lipinski definition) is 4. The SMILES string of the molecule is CCOc1ccc(C2(C)Cc3c(ccc(O)c3C(=O)O)O2)cc1. The maximum absolute atomic E-state index is 11.4. The number of hydrogen-bond donors (Lipinski definition) is 2. The monoisotopic (exact) mass is 314 g/mol. The van der Waals surface area contributed by atoms with E-state index in [1.54, 1.807) is 6.07 Å². The number of rotatable bonds is 4. The Morgan fingerprint density at radius 2 is 1.96 bits per heavy atom. The summed E-state index contributed by atoms with van der Waals surface area (Å²) in [5, 5.41) is 19.2. The highest BCUT2D eigenvalue weighted by Crippen LogP contribution is 2.45. The van der Waals surface area contributed by atoms with E-state index in [1.165, 1.54) is 6.07 Å². The van der Waals surface area contributed by atoms with Gasteiger partial charge in [0.05, 0.1) is 6.61 Å². The Labute approximate surface area is 134 Å². The van der Waals surface area contributed by atoms with Crippen LogP contribution in [0.4, 0.5) is 0 Å². The van der Waals surface area contributed by atoms with E-state index in [0.29, 0.717) is 24.3 Å². The van der Waals surface area contributed by atoms with Crippen molar-refractivity contribution < 1.29 is 24.5 Å². The van der Waals surface area contributed by atoms with E-state index in [4.69, 9.17) is 9.47 Å². The first-order chi connectivity index (χ1) is 10.9. The van der Waals surface area contributed by atoms with Gasteiger partial charge >= 0.3 is 5.97 Å². The minimum Gasteiger partial charge on any atom is -0.507 e. The molecule has 0 aromatic heterocycles. The van der Waals surface area contributed by atoms with Crippen molar-refractivity contribution >= 4 is 5.97 Å². The van der Waals surface area contributed by atoms with Gasteiger partial charge in [0.25, 0.3) is 0 Å². The third kappa shape index (κ3) is 2.59. The van der Waals surface area contributed by atoms with Gasteiger partial charge in [0, 0.05) is 12.0 Å². The maximum Gasteiger partial charge on any atom is 0.339 e. The van der Waals surface area contributed by atoms with Gasteiger partial charge in [-0.2, -0.15) is 0 Å². The van der Waals surface area contributed by atoms with Crippen LogP contribution in [0, 0.1) is 0 Å². The van der Waals surface area contributed by atoms with Gasteiger partial charge in [-0.05, 0) is 43.7 Å². The number of aromatic hydroxyl groups is 1. The first kappa shape index (κ1) is 15.2. The van der Waals surface area contributed by atoms with E-state index >= 15 is 0 Å². The van der Waals surface area contributed by atoms with Crippen molar-refractivity contribution in [3.8, 4) is 17.2 Å². The third-order valence-electron chi connectivity index (χ3n) is 4.09. The fourth-order valence-electron chi connectivity index (χ4n) is 2.97. The number of fused-ring (bicyclic) bond motifs is 1. The van der Waals surface area contributed by atoms with Crippen molar-refractivity contribution in [3.05, 3.63) is 53.1 Å². The van der Waals surface area contributed by atoms with Crippen molar-refractivity contribution in [3.63, 3.8) is 0 Å². The van der Waals surface area contributed by atoms with Crippen LogP contribution in [0.2, 0.25) is 0 Å². The predicted molar refractivity (Wildman–Crippen MR) is 84.4 cm³/mol. The Bertz CT molecular complexity index is 751. The van der Waals surface area contributed by atoms with Gasteiger partial charge in [-0.15, -0.1) is 0 Å². The smallest absolute Gasteiger partial charge is 0.339 e. The minimum atomic E-state index is -1.15. The van der Waals surface area contributed by atoms with Crippen LogP contribution in [0.25, 0.3) is 0 Å². The van der Waals surface area contributed by atoms with E-state index in [0.717, 1.165) is 11.3 Å². The second kappa shape index (κ2) is 5.50. The van der Waals surface area contributed by atoms with Crippen molar-refractivity contribution in [1.29, 1.82) is 0 Å². The summed E-state index contributed by atoms with van der Waals surface area (Å²) in [6, 6.07) is 10.5. The van der Waals surface area contributed by atoms with Crippen LogP contribution in [0.5, 0.6) is 17.2 Å². The Morgan fingerprint density at radius 1 is 1.26 bits per heavy atom. The predicted octanol–water partition coefficient (Wildman–Crippen LogP) is 3.34. The number of phenols is 1. The number of carboxylic acid groups (broad SMARTS) is 1. The van der Waals surface area contributed by atoms with Crippen molar-refractivity contribution in [2.45, 2.75) is 25.9 Å². The molecule has 0 saturated heterocycles. The molecule has 0 fully saturated rings. The number of carbonyl (C=O) groups is 1. The Balaban J connectivity index is 1.96. The maximum atomic E-state index is 11.4. The fraction of sp³-hybridized carbons (Fsp3) is 0.278. The van der Waals surface area contributed by atoms with Crippen molar-refractivity contribution in [1.82, 2.24) is 0 Å². The quantitative estimate of drug-likeness (QED) is 0.905. The van der Waals surface area contributed by atoms with E-state index < -0.39 is 11.6 Å². The Morgan fingerprint density at radius 3 is 2.57 bits per heavy atom. The molecule has 120 valence electrons. The highest BCUT2D eigenvalue weighted by Gasteiger charge is 2.39. The average molecular weight is 314 g/mol. The number of ether oxygens (including phenoxy) is 2. The van der Waals surface area contributed by atoms with Crippen LogP contribution in [0.3, 0.4) is 0 Å². The largest absolute Gasteiger partial charge is 0.507 e. The zero-order valence-electron chi connectivity index (χ0n) is 13.0. The summed E-state index contributed by atoms with van der Waals surface area (Å²) in [6.45, 7) is 4.43. The standard InChI is InChI=1S/C18H18O5/c1-3-22-12-6-4-11(5-7-12)18(2)10-13-15(23-18)9-8-14(19)16(13)17(20)21/h4-9,19H,3,10H2,1-2H3,(H,20,21). The van der Waals surface area contributed by atoms with Gasteiger partial charge < -0.3 is 19.7 Å². The lowest BCUT2D eigenvalue weighted by atomic mass is 9.89. The van der Waals surface area contributed by atoms with Crippen LogP contribution < -0.4 is 9.47 Å². The zero-order valence-corrected chi connectivity index (χ0v) is 13.0. The number of benzene rings is 2. The molecule has 1 aliphatic rings. The van der Waals surface area contributed by atoms with E-state index in [1.807, 2.05) is 38.1 Å². The molecule has 3 rings (SSSR count). The van der Waals surface area contributed by atoms with Crippen LogP contribution in [-0.2, 0) is 12.0 Å². The first-order valence-corrected chi connectivity index (χ1v) is 7.45. The van der Waals surface area contributed by atoms with Crippen molar-refractivity contribution in [2.75, 3.05) is 6.61 Å². The van der Waals surface area contributed by atoms with Crippen LogP contribution in [0.1, 0.15) is 35.3 Å². The molecule has 0 saturated carbocycles. The van der Waals surface area contributed by atoms with Crippen molar-refractivity contribution in [2.24, 2.45) is 0 Å². The van der Waals surface area contributed by atoms with Gasteiger partial charge in [0.1, 0.15) is 28.4 Å². The molecule has 1 unspecified atom stereocenters. The molecule has 1 heterocycles. The lowest BCUT2D eigenvalue weighted by Crippen LogP contribution is -2.27. The first-order valence-electron chi connectivity index (χ1n) is 7.45. The Kier molecular flexibility index (Phi) is 3.64. The van der Waals surface area contributed by atoms with Gasteiger partial charge in [-0.25, -0.2) is 4.79 Å². The molecule has 23 heavy (non-hydrogen) atoms. The lowest BCUT2D eigenvalue weighted by Gasteiger charge is -2.24. The molecular formula is C18H18O5. The molecule has 0 spiro atoms. The van der Waals surface area contributed by atoms with E-state index in [9.17, 15) is 15.0 Å². The molecule has 0 amide bonds. The molecule has 1 aliphatic heterocycles. The molecule has 2 N–H and O–H groups in total. The highest BCUT2D eigenvalue weighted by atomic mass is 16.5. The molecule has 2 aromatic carbocycles. The minimum absolute atomic E-state index is 0.0860.